The van der Waals surface area contributed by atoms with Gasteiger partial charge in [0.05, 0.1) is 11.3 Å². The predicted octanol–water partition coefficient (Wildman–Crippen LogP) is 6.83. The van der Waals surface area contributed by atoms with Gasteiger partial charge in [0.1, 0.15) is 11.6 Å². The highest BCUT2D eigenvalue weighted by atomic mass is 32.2. The van der Waals surface area contributed by atoms with Gasteiger partial charge in [0.15, 0.2) is 0 Å². The molecular formula is C46H48N6O5S. The maximum atomic E-state index is 12.8. The molecule has 11 nitrogen and oxygen atoms in total. The number of aliphatic hydroxyl groups is 1. The molecule has 12 heteroatoms. The summed E-state index contributed by atoms with van der Waals surface area (Å²) >= 11 is 0. The molecule has 298 valence electrons. The highest BCUT2D eigenvalue weighted by molar-refractivity contribution is 7.89. The molecule has 0 spiro atoms. The molecule has 5 N–H and O–H groups in total. The lowest BCUT2D eigenvalue weighted by Crippen LogP contribution is -2.25. The quantitative estimate of drug-likeness (QED) is 0.0634. The van der Waals surface area contributed by atoms with Gasteiger partial charge in [-0.05, 0) is 104 Å². The molecule has 1 atom stereocenters. The molecule has 0 bridgehead atoms. The van der Waals surface area contributed by atoms with Crippen LogP contribution in [0.5, 0.6) is 0 Å². The maximum absolute atomic E-state index is 12.8. The Balaban J connectivity index is 0.914. The molecule has 0 radical (unpaired) electrons. The average Bonchev–Trinajstić information content (AvgIpc) is 3.58. The number of nitrogens with one attached hydrogen (secondary N) is 4. The van der Waals surface area contributed by atoms with E-state index in [-0.39, 0.29) is 48.0 Å². The highest BCUT2D eigenvalue weighted by Crippen LogP contribution is 2.18. The van der Waals surface area contributed by atoms with Crippen molar-refractivity contribution >= 4 is 27.6 Å². The van der Waals surface area contributed by atoms with Gasteiger partial charge in [0.2, 0.25) is 15.9 Å². The summed E-state index contributed by atoms with van der Waals surface area (Å²) in [5.74, 6) is 0.505. The van der Waals surface area contributed by atoms with Crippen LogP contribution in [0.2, 0.25) is 0 Å². The number of hydrogen-bond acceptors (Lipinski definition) is 7. The summed E-state index contributed by atoms with van der Waals surface area (Å²) in [6, 6.07) is 38.4. The van der Waals surface area contributed by atoms with Crippen LogP contribution in [0.1, 0.15) is 62.1 Å². The smallest absolute Gasteiger partial charge is 0.251 e. The van der Waals surface area contributed by atoms with Gasteiger partial charge in [0, 0.05) is 60.6 Å². The molecule has 0 aliphatic heterocycles. The third kappa shape index (κ3) is 11.3. The molecule has 2 aromatic heterocycles. The van der Waals surface area contributed by atoms with E-state index in [9.17, 15) is 23.1 Å². The number of aromatic nitrogens is 2. The van der Waals surface area contributed by atoms with Crippen molar-refractivity contribution in [1.82, 2.24) is 30.2 Å². The second kappa shape index (κ2) is 19.1. The van der Waals surface area contributed by atoms with Gasteiger partial charge < -0.3 is 25.6 Å². The van der Waals surface area contributed by atoms with E-state index in [4.69, 9.17) is 0 Å². The molecule has 58 heavy (non-hydrogen) atoms. The molecule has 6 rings (SSSR count). The van der Waals surface area contributed by atoms with Crippen molar-refractivity contribution in [3.63, 3.8) is 0 Å². The summed E-state index contributed by atoms with van der Waals surface area (Å²) in [6.07, 6.45) is 4.16. The van der Waals surface area contributed by atoms with Crippen LogP contribution in [0, 0.1) is 13.8 Å². The Labute approximate surface area is 339 Å². The van der Waals surface area contributed by atoms with Crippen molar-refractivity contribution in [1.29, 1.82) is 0 Å². The fourth-order valence-corrected chi connectivity index (χ4v) is 7.45. The molecule has 0 aliphatic carbocycles. The Bertz CT molecular complexity index is 2440. The number of aliphatic hydroxyl groups excluding tert-OH is 1. The van der Waals surface area contributed by atoms with Gasteiger partial charge in [-0.2, -0.15) is 0 Å². The Morgan fingerprint density at radius 1 is 0.707 bits per heavy atom. The van der Waals surface area contributed by atoms with Crippen LogP contribution in [-0.4, -0.2) is 40.9 Å². The number of aryl methyl sites for hydroxylation is 2. The fraction of sp³-hybridized carbons (Fsp3) is 0.196. The average molecular weight is 797 g/mol. The van der Waals surface area contributed by atoms with Gasteiger partial charge in [-0.1, -0.05) is 78.9 Å². The van der Waals surface area contributed by atoms with Crippen molar-refractivity contribution in [2.75, 3.05) is 0 Å². The topological polar surface area (TPSA) is 154 Å². The monoisotopic (exact) mass is 796 g/mol. The minimum Gasteiger partial charge on any atom is -0.506 e. The lowest BCUT2D eigenvalue weighted by molar-refractivity contribution is -0.120. The van der Waals surface area contributed by atoms with E-state index in [1.165, 1.54) is 12.1 Å². The molecule has 0 fully saturated rings. The van der Waals surface area contributed by atoms with E-state index >= 15 is 0 Å². The SMILES string of the molecule is Cc1ccc(C)n1-c1ccc(/C(O)=C/N[C@H](C)Cc2cccc(CC(=O)NCc3ccc(C(=O)NCc4ccc(S(=O)(=O)NCc5ccccc5)cc4)cc3)c2)cn1. The molecule has 0 unspecified atom stereocenters. The summed E-state index contributed by atoms with van der Waals surface area (Å²) in [5, 5.41) is 19.8. The predicted molar refractivity (Wildman–Crippen MR) is 226 cm³/mol. The Kier molecular flexibility index (Phi) is 13.5. The van der Waals surface area contributed by atoms with Crippen LogP contribution in [-0.2, 0) is 47.3 Å². The lowest BCUT2D eigenvalue weighted by atomic mass is 10.0. The summed E-state index contributed by atoms with van der Waals surface area (Å²) < 4.78 is 30.1. The Morgan fingerprint density at radius 2 is 1.31 bits per heavy atom. The number of benzene rings is 4. The third-order valence-corrected chi connectivity index (χ3v) is 11.1. The number of carbonyl (C=O) groups is 2. The Hall–Kier alpha value is -6.50. The molecule has 4 aromatic carbocycles. The molecule has 6 aromatic rings. The minimum atomic E-state index is -3.68. The molecule has 2 amide bonds. The number of sulfonamides is 1. The number of rotatable bonds is 17. The van der Waals surface area contributed by atoms with Crippen molar-refractivity contribution in [3.8, 4) is 5.82 Å². The standard InChI is InChI=1S/C46H48N6O5S/c1-32(47-31-43(53)41-20-23-44(48-30-41)52-33(2)12-13-34(52)3)24-38-10-7-11-39(25-38)26-45(54)49-27-36-14-18-40(19-15-36)46(55)50-28-37-16-21-42(22-17-37)58(56,57)51-29-35-8-5-4-6-9-35/h4-23,25,30-32,47,51,53H,24,26-29H2,1-3H3,(H,49,54)(H,50,55)/b43-31-/t32-/m1/s1. The first kappa shape index (κ1) is 41.1. The van der Waals surface area contributed by atoms with E-state index in [1.807, 2.05) is 99.6 Å². The van der Waals surface area contributed by atoms with Gasteiger partial charge in [0.25, 0.3) is 5.91 Å². The largest absolute Gasteiger partial charge is 0.506 e. The Morgan fingerprint density at radius 3 is 1.98 bits per heavy atom. The maximum Gasteiger partial charge on any atom is 0.251 e. The third-order valence-electron chi connectivity index (χ3n) is 9.65. The van der Waals surface area contributed by atoms with E-state index in [1.54, 1.807) is 48.8 Å². The number of amides is 2. The van der Waals surface area contributed by atoms with Gasteiger partial charge in [-0.15, -0.1) is 0 Å². The van der Waals surface area contributed by atoms with E-state index in [2.05, 4.69) is 30.2 Å². The highest BCUT2D eigenvalue weighted by Gasteiger charge is 2.14. The number of pyridine rings is 1. The summed E-state index contributed by atoms with van der Waals surface area (Å²) in [4.78, 5) is 30.4. The molecule has 0 saturated carbocycles. The van der Waals surface area contributed by atoms with Crippen LogP contribution in [0.15, 0.2) is 145 Å². The van der Waals surface area contributed by atoms with Crippen LogP contribution in [0.4, 0.5) is 0 Å². The second-order valence-corrected chi connectivity index (χ2v) is 16.0. The molecule has 0 saturated heterocycles. The summed E-state index contributed by atoms with van der Waals surface area (Å²) in [5.41, 5.74) is 7.69. The zero-order chi connectivity index (χ0) is 41.1. The molecular weight excluding hydrogens is 749 g/mol. The lowest BCUT2D eigenvalue weighted by Gasteiger charge is -2.14. The molecule has 0 aliphatic rings. The zero-order valence-corrected chi connectivity index (χ0v) is 33.6. The first-order valence-electron chi connectivity index (χ1n) is 19.0. The van der Waals surface area contributed by atoms with E-state index in [0.717, 1.165) is 45.0 Å². The van der Waals surface area contributed by atoms with Gasteiger partial charge in [-0.3, -0.25) is 9.59 Å². The van der Waals surface area contributed by atoms with E-state index in [0.29, 0.717) is 24.1 Å². The van der Waals surface area contributed by atoms with Crippen molar-refractivity contribution < 1.29 is 23.1 Å². The van der Waals surface area contributed by atoms with Crippen LogP contribution >= 0.6 is 0 Å². The van der Waals surface area contributed by atoms with Gasteiger partial charge in [-0.25, -0.2) is 18.1 Å². The fourth-order valence-electron chi connectivity index (χ4n) is 6.43. The normalized spacial score (nSPS) is 12.2. The van der Waals surface area contributed by atoms with Gasteiger partial charge >= 0.3 is 0 Å². The second-order valence-electron chi connectivity index (χ2n) is 14.3. The van der Waals surface area contributed by atoms with Crippen LogP contribution in [0.25, 0.3) is 11.6 Å². The van der Waals surface area contributed by atoms with Crippen LogP contribution in [0.3, 0.4) is 0 Å². The number of hydrogen-bond donors (Lipinski definition) is 5. The van der Waals surface area contributed by atoms with E-state index < -0.39 is 10.0 Å². The van der Waals surface area contributed by atoms with Crippen molar-refractivity contribution in [2.24, 2.45) is 0 Å². The van der Waals surface area contributed by atoms with Crippen LogP contribution < -0.4 is 20.7 Å². The van der Waals surface area contributed by atoms with Crippen molar-refractivity contribution in [3.05, 3.63) is 190 Å². The summed E-state index contributed by atoms with van der Waals surface area (Å²) in [6.45, 7) is 6.82. The first-order chi connectivity index (χ1) is 27.9. The molecule has 2 heterocycles. The summed E-state index contributed by atoms with van der Waals surface area (Å²) in [7, 11) is -3.68. The minimum absolute atomic E-state index is 0.0136. The zero-order valence-electron chi connectivity index (χ0n) is 32.8. The first-order valence-corrected chi connectivity index (χ1v) is 20.5. The number of nitrogens with zero attached hydrogens (tertiary/aromatic N) is 2. The van der Waals surface area contributed by atoms with Crippen molar-refractivity contribution in [2.45, 2.75) is 64.2 Å². The number of carbonyl (C=O) groups excluding carboxylic acids is 2.